The Morgan fingerprint density at radius 1 is 1.27 bits per heavy atom. The molecule has 0 aliphatic carbocycles. The maximum absolute atomic E-state index is 12.5. The van der Waals surface area contributed by atoms with Crippen LogP contribution in [0, 0.1) is 13.8 Å². The number of rotatable bonds is 7. The number of Topliss-reactive ketones (excluding diaryl/α,β-unsaturated/α-hetero) is 1. The number of benzene rings is 1. The number of carbonyl (C=O) groups excluding carboxylic acids is 2. The topological polar surface area (TPSA) is 149 Å². The Labute approximate surface area is 171 Å². The lowest BCUT2D eigenvalue weighted by Crippen LogP contribution is -2.18. The van der Waals surface area contributed by atoms with Crippen molar-refractivity contribution in [3.05, 3.63) is 59.3 Å². The maximum atomic E-state index is 12.5. The van der Waals surface area contributed by atoms with Gasteiger partial charge in [-0.2, -0.15) is 10.1 Å². The minimum absolute atomic E-state index is 0.0685. The van der Waals surface area contributed by atoms with Crippen LogP contribution in [0.1, 0.15) is 45.2 Å². The monoisotopic (exact) mass is 408 g/mol. The summed E-state index contributed by atoms with van der Waals surface area (Å²) in [4.78, 5) is 35.6. The highest BCUT2D eigenvalue weighted by atomic mass is 16.4. The number of nitrogens with two attached hydrogens (primary N) is 1. The average molecular weight is 408 g/mol. The van der Waals surface area contributed by atoms with Crippen molar-refractivity contribution in [3.63, 3.8) is 0 Å². The maximum Gasteiger partial charge on any atom is 0.301 e. The third kappa shape index (κ3) is 5.04. The standard InChI is InChI=1S/C20H20N6O4/c1-11-5-4-6-14(7-11)19-18(24-13(3)30-19)20(28)26-16(21)8-22-23-9-17-25-15(10-29-17)12(2)27/h4-8,10,23H,9H2,1-3H3,(H2,21,26,28)/b22-8-. The van der Waals surface area contributed by atoms with Crippen LogP contribution in [0.5, 0.6) is 0 Å². The number of amidine groups is 1. The zero-order chi connectivity index (χ0) is 21.7. The molecule has 0 atom stereocenters. The molecule has 0 unspecified atom stereocenters. The highest BCUT2D eigenvalue weighted by Gasteiger charge is 2.20. The van der Waals surface area contributed by atoms with E-state index in [1.54, 1.807) is 6.92 Å². The summed E-state index contributed by atoms with van der Waals surface area (Å²) in [6.45, 7) is 5.11. The van der Waals surface area contributed by atoms with Crippen LogP contribution in [-0.4, -0.2) is 33.7 Å². The summed E-state index contributed by atoms with van der Waals surface area (Å²) in [7, 11) is 0. The lowest BCUT2D eigenvalue weighted by Gasteiger charge is -2.00. The quantitative estimate of drug-likeness (QED) is 0.262. The largest absolute Gasteiger partial charge is 0.446 e. The van der Waals surface area contributed by atoms with E-state index in [4.69, 9.17) is 14.6 Å². The fourth-order valence-corrected chi connectivity index (χ4v) is 2.53. The van der Waals surface area contributed by atoms with E-state index < -0.39 is 5.91 Å². The summed E-state index contributed by atoms with van der Waals surface area (Å²) in [6, 6.07) is 7.50. The molecule has 1 amide bonds. The van der Waals surface area contributed by atoms with E-state index in [1.807, 2.05) is 31.2 Å². The van der Waals surface area contributed by atoms with E-state index in [9.17, 15) is 9.59 Å². The minimum atomic E-state index is -0.647. The molecular weight excluding hydrogens is 388 g/mol. The van der Waals surface area contributed by atoms with Crippen LogP contribution in [0.25, 0.3) is 11.3 Å². The molecule has 30 heavy (non-hydrogen) atoms. The van der Waals surface area contributed by atoms with Crippen molar-refractivity contribution >= 4 is 23.7 Å². The van der Waals surface area contributed by atoms with Crippen molar-refractivity contribution in [2.75, 3.05) is 0 Å². The van der Waals surface area contributed by atoms with Gasteiger partial charge in [-0.25, -0.2) is 9.97 Å². The molecule has 3 aromatic rings. The van der Waals surface area contributed by atoms with E-state index in [2.05, 4.69) is 25.5 Å². The molecule has 10 heteroatoms. The van der Waals surface area contributed by atoms with Crippen molar-refractivity contribution in [2.45, 2.75) is 27.3 Å². The van der Waals surface area contributed by atoms with Gasteiger partial charge in [0.15, 0.2) is 23.1 Å². The highest BCUT2D eigenvalue weighted by molar-refractivity contribution is 6.31. The molecule has 0 aliphatic heterocycles. The zero-order valence-electron chi connectivity index (χ0n) is 16.7. The second kappa shape index (κ2) is 8.95. The fraction of sp³-hybridized carbons (Fsp3) is 0.200. The van der Waals surface area contributed by atoms with E-state index in [-0.39, 0.29) is 35.4 Å². The van der Waals surface area contributed by atoms with Gasteiger partial charge in [-0.05, 0) is 13.0 Å². The number of ketones is 1. The number of hydrogen-bond donors (Lipinski definition) is 2. The SMILES string of the molecule is CC(=O)c1coc(CN/N=C\C(N)=NC(=O)c2nc(C)oc2-c2cccc(C)c2)n1. The van der Waals surface area contributed by atoms with Crippen LogP contribution in [0.3, 0.4) is 0 Å². The molecule has 0 spiro atoms. The Morgan fingerprint density at radius 2 is 2.07 bits per heavy atom. The van der Waals surface area contributed by atoms with Gasteiger partial charge in [-0.1, -0.05) is 23.8 Å². The number of aliphatic imine (C=N–C) groups is 1. The van der Waals surface area contributed by atoms with Crippen molar-refractivity contribution < 1.29 is 18.4 Å². The average Bonchev–Trinajstić information content (AvgIpc) is 3.32. The van der Waals surface area contributed by atoms with Crippen molar-refractivity contribution in [1.29, 1.82) is 0 Å². The first-order valence-corrected chi connectivity index (χ1v) is 8.97. The Morgan fingerprint density at radius 3 is 2.77 bits per heavy atom. The molecule has 2 aromatic heterocycles. The first kappa shape index (κ1) is 20.6. The molecule has 0 bridgehead atoms. The van der Waals surface area contributed by atoms with Crippen LogP contribution in [-0.2, 0) is 6.54 Å². The summed E-state index contributed by atoms with van der Waals surface area (Å²) in [5.41, 5.74) is 10.4. The minimum Gasteiger partial charge on any atom is -0.446 e. The Bertz CT molecular complexity index is 1140. The molecule has 10 nitrogen and oxygen atoms in total. The van der Waals surface area contributed by atoms with Gasteiger partial charge in [0.1, 0.15) is 24.3 Å². The van der Waals surface area contributed by atoms with Gasteiger partial charge in [-0.15, -0.1) is 0 Å². The van der Waals surface area contributed by atoms with Gasteiger partial charge in [0.2, 0.25) is 5.89 Å². The molecule has 0 saturated heterocycles. The molecule has 0 radical (unpaired) electrons. The number of hydrogen-bond acceptors (Lipinski definition) is 8. The second-order valence-corrected chi connectivity index (χ2v) is 6.40. The van der Waals surface area contributed by atoms with Gasteiger partial charge in [0.05, 0.1) is 6.21 Å². The summed E-state index contributed by atoms with van der Waals surface area (Å²) in [6.07, 6.45) is 2.44. The van der Waals surface area contributed by atoms with Crippen molar-refractivity contribution in [3.8, 4) is 11.3 Å². The van der Waals surface area contributed by atoms with Crippen LogP contribution in [0.15, 0.2) is 49.5 Å². The normalized spacial score (nSPS) is 11.8. The Balaban J connectivity index is 1.67. The molecule has 2 heterocycles. The van der Waals surface area contributed by atoms with Crippen LogP contribution < -0.4 is 11.2 Å². The lowest BCUT2D eigenvalue weighted by atomic mass is 10.1. The Hall–Kier alpha value is -4.08. The number of hydrazone groups is 1. The number of aryl methyl sites for hydroxylation is 2. The van der Waals surface area contributed by atoms with E-state index in [1.165, 1.54) is 19.4 Å². The van der Waals surface area contributed by atoms with Crippen LogP contribution in [0.2, 0.25) is 0 Å². The Kier molecular flexibility index (Phi) is 6.16. The molecule has 0 saturated carbocycles. The van der Waals surface area contributed by atoms with E-state index in [0.29, 0.717) is 11.7 Å². The molecule has 1 aromatic carbocycles. The third-order valence-electron chi connectivity index (χ3n) is 3.88. The van der Waals surface area contributed by atoms with Crippen molar-refractivity contribution in [2.24, 2.45) is 15.8 Å². The first-order valence-electron chi connectivity index (χ1n) is 8.97. The predicted molar refractivity (Wildman–Crippen MR) is 109 cm³/mol. The number of nitrogens with one attached hydrogen (secondary N) is 1. The predicted octanol–water partition coefficient (Wildman–Crippen LogP) is 2.42. The summed E-state index contributed by atoms with van der Waals surface area (Å²) >= 11 is 0. The van der Waals surface area contributed by atoms with Crippen molar-refractivity contribution in [1.82, 2.24) is 15.4 Å². The van der Waals surface area contributed by atoms with Crippen LogP contribution in [0.4, 0.5) is 0 Å². The fourth-order valence-electron chi connectivity index (χ4n) is 2.53. The smallest absolute Gasteiger partial charge is 0.301 e. The summed E-state index contributed by atoms with van der Waals surface area (Å²) in [5.74, 6) is -0.0135. The van der Waals surface area contributed by atoms with Crippen LogP contribution >= 0.6 is 0 Å². The third-order valence-corrected chi connectivity index (χ3v) is 3.88. The lowest BCUT2D eigenvalue weighted by molar-refractivity contribution is 0.0994. The van der Waals surface area contributed by atoms with Gasteiger partial charge >= 0.3 is 5.91 Å². The second-order valence-electron chi connectivity index (χ2n) is 6.40. The molecule has 154 valence electrons. The number of oxazole rings is 2. The van der Waals surface area contributed by atoms with Gasteiger partial charge in [0, 0.05) is 19.4 Å². The number of nitrogens with zero attached hydrogens (tertiary/aromatic N) is 4. The molecular formula is C20H20N6O4. The van der Waals surface area contributed by atoms with Gasteiger partial charge < -0.3 is 20.0 Å². The molecule has 0 fully saturated rings. The van der Waals surface area contributed by atoms with E-state index >= 15 is 0 Å². The van der Waals surface area contributed by atoms with E-state index in [0.717, 1.165) is 11.1 Å². The highest BCUT2D eigenvalue weighted by Crippen LogP contribution is 2.26. The summed E-state index contributed by atoms with van der Waals surface area (Å²) < 4.78 is 10.7. The number of carbonyl (C=O) groups is 2. The van der Waals surface area contributed by atoms with Gasteiger partial charge in [0.25, 0.3) is 0 Å². The number of amides is 1. The summed E-state index contributed by atoms with van der Waals surface area (Å²) in [5, 5.41) is 3.85. The molecule has 0 aliphatic rings. The molecule has 3 rings (SSSR count). The first-order chi connectivity index (χ1) is 14.3. The molecule has 3 N–H and O–H groups in total. The zero-order valence-corrected chi connectivity index (χ0v) is 16.7. The van der Waals surface area contributed by atoms with Gasteiger partial charge in [-0.3, -0.25) is 9.59 Å². The number of aromatic nitrogens is 2.